The van der Waals surface area contributed by atoms with Crippen LogP contribution in [0.2, 0.25) is 0 Å². The van der Waals surface area contributed by atoms with Crippen molar-refractivity contribution in [3.63, 3.8) is 0 Å². The topological polar surface area (TPSA) is 48.9 Å². The van der Waals surface area contributed by atoms with Crippen molar-refractivity contribution >= 4 is 5.96 Å². The Morgan fingerprint density at radius 1 is 1.33 bits per heavy atom. The van der Waals surface area contributed by atoms with Crippen molar-refractivity contribution in [3.8, 4) is 0 Å². The summed E-state index contributed by atoms with van der Waals surface area (Å²) in [4.78, 5) is 7.29. The highest BCUT2D eigenvalue weighted by Gasteiger charge is 2.20. The molecule has 2 unspecified atom stereocenters. The number of nitrogens with one attached hydrogen (secondary N) is 2. The summed E-state index contributed by atoms with van der Waals surface area (Å²) in [6.07, 6.45) is 2.63. The van der Waals surface area contributed by atoms with Crippen molar-refractivity contribution in [2.75, 3.05) is 39.9 Å². The Kier molecular flexibility index (Phi) is 8.69. The summed E-state index contributed by atoms with van der Waals surface area (Å²) < 4.78 is 5.16. The predicted molar refractivity (Wildman–Crippen MR) is 89.9 cm³/mol. The van der Waals surface area contributed by atoms with Gasteiger partial charge in [0.2, 0.25) is 0 Å². The summed E-state index contributed by atoms with van der Waals surface area (Å²) in [5.41, 5.74) is 0. The average molecular weight is 298 g/mol. The molecule has 1 heterocycles. The minimum absolute atomic E-state index is 0.263. The van der Waals surface area contributed by atoms with Gasteiger partial charge in [-0.2, -0.15) is 0 Å². The molecule has 0 bridgehead atoms. The predicted octanol–water partition coefficient (Wildman–Crippen LogP) is 1.70. The fourth-order valence-corrected chi connectivity index (χ4v) is 2.65. The van der Waals surface area contributed by atoms with E-state index in [0.29, 0.717) is 12.6 Å². The molecule has 1 saturated heterocycles. The monoisotopic (exact) mass is 298 g/mol. The molecule has 0 spiro atoms. The molecule has 0 amide bonds. The molecule has 1 fully saturated rings. The molecule has 1 aliphatic rings. The number of aliphatic imine (C=N–C) groups is 1. The number of hydrogen-bond acceptors (Lipinski definition) is 3. The Bertz CT molecular complexity index is 301. The second kappa shape index (κ2) is 10.0. The standard InChI is InChI=1S/C16H34N4O/c1-6-17-16(19-14(3)12-21-5)18-11-15(4)20-9-7-13(2)8-10-20/h13-15H,6-12H2,1-5H3,(H2,17,18,19). The number of methoxy groups -OCH3 is 1. The van der Waals surface area contributed by atoms with Gasteiger partial charge in [0.25, 0.3) is 0 Å². The van der Waals surface area contributed by atoms with Crippen molar-refractivity contribution < 1.29 is 4.74 Å². The number of piperidine rings is 1. The third-order valence-corrected chi connectivity index (χ3v) is 4.10. The lowest BCUT2D eigenvalue weighted by Gasteiger charge is -2.34. The molecule has 5 nitrogen and oxygen atoms in total. The maximum Gasteiger partial charge on any atom is 0.191 e. The molecule has 21 heavy (non-hydrogen) atoms. The molecule has 2 atom stereocenters. The molecular formula is C16H34N4O. The average Bonchev–Trinajstić information content (AvgIpc) is 2.45. The van der Waals surface area contributed by atoms with E-state index >= 15 is 0 Å². The lowest BCUT2D eigenvalue weighted by molar-refractivity contribution is 0.150. The van der Waals surface area contributed by atoms with Crippen LogP contribution in [0.25, 0.3) is 0 Å². The lowest BCUT2D eigenvalue weighted by atomic mass is 9.98. The van der Waals surface area contributed by atoms with Crippen molar-refractivity contribution in [1.29, 1.82) is 0 Å². The van der Waals surface area contributed by atoms with E-state index in [9.17, 15) is 0 Å². The Balaban J connectivity index is 2.44. The molecule has 0 saturated carbocycles. The summed E-state index contributed by atoms with van der Waals surface area (Å²) in [6, 6.07) is 0.768. The Morgan fingerprint density at radius 2 is 2.00 bits per heavy atom. The van der Waals surface area contributed by atoms with Crippen molar-refractivity contribution in [2.24, 2.45) is 10.9 Å². The van der Waals surface area contributed by atoms with E-state index in [2.05, 4.69) is 43.2 Å². The van der Waals surface area contributed by atoms with Gasteiger partial charge in [0.05, 0.1) is 13.2 Å². The highest BCUT2D eigenvalue weighted by atomic mass is 16.5. The first-order valence-electron chi connectivity index (χ1n) is 8.34. The summed E-state index contributed by atoms with van der Waals surface area (Å²) >= 11 is 0. The van der Waals surface area contributed by atoms with Gasteiger partial charge in [0.1, 0.15) is 0 Å². The van der Waals surface area contributed by atoms with Crippen LogP contribution in [0.1, 0.15) is 40.5 Å². The summed E-state index contributed by atoms with van der Waals surface area (Å²) in [5, 5.41) is 6.68. The first-order valence-corrected chi connectivity index (χ1v) is 8.34. The molecule has 0 aromatic heterocycles. The number of hydrogen-bond donors (Lipinski definition) is 2. The lowest BCUT2D eigenvalue weighted by Crippen LogP contribution is -2.45. The number of rotatable bonds is 7. The van der Waals surface area contributed by atoms with Crippen LogP contribution in [0.4, 0.5) is 0 Å². The van der Waals surface area contributed by atoms with E-state index in [4.69, 9.17) is 9.73 Å². The quantitative estimate of drug-likeness (QED) is 0.555. The molecule has 1 rings (SSSR count). The fraction of sp³-hybridized carbons (Fsp3) is 0.938. The molecule has 124 valence electrons. The van der Waals surface area contributed by atoms with Crippen LogP contribution in [0, 0.1) is 5.92 Å². The molecular weight excluding hydrogens is 264 g/mol. The van der Waals surface area contributed by atoms with Gasteiger partial charge in [0.15, 0.2) is 5.96 Å². The number of guanidine groups is 1. The van der Waals surface area contributed by atoms with Crippen LogP contribution in [-0.4, -0.2) is 62.8 Å². The van der Waals surface area contributed by atoms with Gasteiger partial charge in [0, 0.05) is 25.7 Å². The molecule has 0 aromatic rings. The molecule has 0 aromatic carbocycles. The summed E-state index contributed by atoms with van der Waals surface area (Å²) in [5.74, 6) is 1.77. The highest BCUT2D eigenvalue weighted by molar-refractivity contribution is 5.80. The molecule has 0 radical (unpaired) electrons. The summed E-state index contributed by atoms with van der Waals surface area (Å²) in [6.45, 7) is 13.6. The Hall–Kier alpha value is -0.810. The zero-order valence-corrected chi connectivity index (χ0v) is 14.5. The van der Waals surface area contributed by atoms with Gasteiger partial charge >= 0.3 is 0 Å². The van der Waals surface area contributed by atoms with Gasteiger partial charge < -0.3 is 15.4 Å². The normalized spacial score (nSPS) is 21.1. The van der Waals surface area contributed by atoms with Gasteiger partial charge in [-0.05, 0) is 52.6 Å². The van der Waals surface area contributed by atoms with Gasteiger partial charge in [-0.1, -0.05) is 6.92 Å². The highest BCUT2D eigenvalue weighted by Crippen LogP contribution is 2.17. The SMILES string of the molecule is CCNC(=NCC(C)N1CCC(C)CC1)NC(C)COC. The third kappa shape index (κ3) is 7.14. The smallest absolute Gasteiger partial charge is 0.191 e. The van der Waals surface area contributed by atoms with Crippen LogP contribution < -0.4 is 10.6 Å². The van der Waals surface area contributed by atoms with E-state index in [0.717, 1.165) is 25.0 Å². The van der Waals surface area contributed by atoms with Crippen LogP contribution >= 0.6 is 0 Å². The van der Waals surface area contributed by atoms with Gasteiger partial charge in [-0.3, -0.25) is 9.89 Å². The maximum absolute atomic E-state index is 5.16. The fourth-order valence-electron chi connectivity index (χ4n) is 2.65. The Labute approximate surface area is 130 Å². The van der Waals surface area contributed by atoms with Crippen LogP contribution in [0.5, 0.6) is 0 Å². The molecule has 1 aliphatic heterocycles. The second-order valence-corrected chi connectivity index (χ2v) is 6.29. The Morgan fingerprint density at radius 3 is 2.57 bits per heavy atom. The zero-order valence-electron chi connectivity index (χ0n) is 14.5. The van der Waals surface area contributed by atoms with Crippen LogP contribution in [0.15, 0.2) is 4.99 Å². The van der Waals surface area contributed by atoms with Crippen molar-refractivity contribution in [3.05, 3.63) is 0 Å². The van der Waals surface area contributed by atoms with E-state index in [1.807, 2.05) is 0 Å². The minimum Gasteiger partial charge on any atom is -0.383 e. The van der Waals surface area contributed by atoms with Crippen molar-refractivity contribution in [1.82, 2.24) is 15.5 Å². The van der Waals surface area contributed by atoms with E-state index < -0.39 is 0 Å². The molecule has 5 heteroatoms. The minimum atomic E-state index is 0.263. The molecule has 2 N–H and O–H groups in total. The van der Waals surface area contributed by atoms with Crippen LogP contribution in [0.3, 0.4) is 0 Å². The first-order chi connectivity index (χ1) is 10.1. The summed E-state index contributed by atoms with van der Waals surface area (Å²) in [7, 11) is 1.72. The molecule has 0 aliphatic carbocycles. The number of ether oxygens (including phenoxy) is 1. The number of nitrogens with zero attached hydrogens (tertiary/aromatic N) is 2. The second-order valence-electron chi connectivity index (χ2n) is 6.29. The van der Waals surface area contributed by atoms with E-state index in [1.165, 1.54) is 25.9 Å². The maximum atomic E-state index is 5.16. The number of likely N-dealkylation sites (tertiary alicyclic amines) is 1. The zero-order chi connectivity index (χ0) is 15.7. The largest absolute Gasteiger partial charge is 0.383 e. The van der Waals surface area contributed by atoms with E-state index in [1.54, 1.807) is 7.11 Å². The van der Waals surface area contributed by atoms with Crippen LogP contribution in [-0.2, 0) is 4.74 Å². The van der Waals surface area contributed by atoms with Gasteiger partial charge in [-0.25, -0.2) is 0 Å². The first kappa shape index (κ1) is 18.2. The van der Waals surface area contributed by atoms with E-state index in [-0.39, 0.29) is 6.04 Å². The third-order valence-electron chi connectivity index (χ3n) is 4.10. The van der Waals surface area contributed by atoms with Crippen molar-refractivity contribution in [2.45, 2.75) is 52.6 Å². The van der Waals surface area contributed by atoms with Gasteiger partial charge in [-0.15, -0.1) is 0 Å².